The molecule has 0 spiro atoms. The fourth-order valence-corrected chi connectivity index (χ4v) is 1.91. The van der Waals surface area contributed by atoms with Crippen molar-refractivity contribution >= 4 is 11.7 Å². The normalized spacial score (nSPS) is 14.8. The van der Waals surface area contributed by atoms with Crippen LogP contribution in [0.15, 0.2) is 46.2 Å². The van der Waals surface area contributed by atoms with Gasteiger partial charge in [0.1, 0.15) is 11.5 Å². The lowest BCUT2D eigenvalue weighted by Crippen LogP contribution is -2.32. The number of carbonyl (C=O) groups is 1. The molecule has 110 valence electrons. The van der Waals surface area contributed by atoms with Gasteiger partial charge in [-0.15, -0.1) is 4.91 Å². The number of benzene rings is 1. The molecule has 0 saturated heterocycles. The summed E-state index contributed by atoms with van der Waals surface area (Å²) in [6, 6.07) is 5.11. The van der Waals surface area contributed by atoms with Crippen molar-refractivity contribution < 1.29 is 18.0 Å². The van der Waals surface area contributed by atoms with Crippen LogP contribution in [0.25, 0.3) is 0 Å². The highest BCUT2D eigenvalue weighted by atomic mass is 19.4. The van der Waals surface area contributed by atoms with E-state index in [4.69, 9.17) is 0 Å². The van der Waals surface area contributed by atoms with E-state index in [1.807, 2.05) is 0 Å². The van der Waals surface area contributed by atoms with Gasteiger partial charge in [0.25, 0.3) is 0 Å². The van der Waals surface area contributed by atoms with Gasteiger partial charge >= 0.3 is 12.1 Å². The average Bonchev–Trinajstić information content (AvgIpc) is 2.46. The van der Waals surface area contributed by atoms with E-state index in [1.165, 1.54) is 24.3 Å². The van der Waals surface area contributed by atoms with E-state index in [-0.39, 0.29) is 30.1 Å². The summed E-state index contributed by atoms with van der Waals surface area (Å²) >= 11 is 0. The second-order valence-electron chi connectivity index (χ2n) is 4.26. The molecule has 0 saturated carbocycles. The predicted molar refractivity (Wildman–Crippen MR) is 69.5 cm³/mol. The number of nitroso groups, excluding NO2 is 1. The first-order chi connectivity index (χ1) is 9.91. The van der Waals surface area contributed by atoms with Gasteiger partial charge in [-0.05, 0) is 17.7 Å². The number of nitrogens with one attached hydrogen (secondary N) is 1. The summed E-state index contributed by atoms with van der Waals surface area (Å²) in [5, 5.41) is 4.79. The molecule has 0 fully saturated rings. The smallest absolute Gasteiger partial charge is 0.339 e. The van der Waals surface area contributed by atoms with Gasteiger partial charge < -0.3 is 5.32 Å². The van der Waals surface area contributed by atoms with Crippen molar-refractivity contribution in [3.8, 4) is 0 Å². The Morgan fingerprint density at radius 3 is 2.71 bits per heavy atom. The second kappa shape index (κ2) is 5.86. The van der Waals surface area contributed by atoms with E-state index in [0.717, 1.165) is 6.07 Å². The van der Waals surface area contributed by atoms with E-state index in [9.17, 15) is 22.9 Å². The predicted octanol–water partition coefficient (Wildman–Crippen LogP) is 2.43. The molecule has 1 aliphatic rings. The number of hydrogen-bond donors (Lipinski definition) is 1. The number of halogens is 3. The van der Waals surface area contributed by atoms with Crippen LogP contribution in [0, 0.1) is 4.91 Å². The minimum atomic E-state index is -4.47. The summed E-state index contributed by atoms with van der Waals surface area (Å²) in [6.07, 6.45) is -3.24. The fourth-order valence-electron chi connectivity index (χ4n) is 1.91. The molecule has 0 unspecified atom stereocenters. The van der Waals surface area contributed by atoms with Gasteiger partial charge in [-0.1, -0.05) is 18.2 Å². The fraction of sp³-hybridized carbons (Fsp3) is 0.231. The highest BCUT2D eigenvalue weighted by molar-refractivity contribution is 6.00. The van der Waals surface area contributed by atoms with Crippen LogP contribution in [-0.4, -0.2) is 18.3 Å². The van der Waals surface area contributed by atoms with Crippen LogP contribution in [0.1, 0.15) is 11.1 Å². The van der Waals surface area contributed by atoms with E-state index in [1.54, 1.807) is 0 Å². The zero-order valence-electron chi connectivity index (χ0n) is 10.6. The van der Waals surface area contributed by atoms with Crippen LogP contribution in [0.5, 0.6) is 0 Å². The summed E-state index contributed by atoms with van der Waals surface area (Å²) in [5.74, 6) is -0.826. The molecule has 0 bridgehead atoms. The highest BCUT2D eigenvalue weighted by Gasteiger charge is 2.33. The highest BCUT2D eigenvalue weighted by Crippen LogP contribution is 2.32. The summed E-state index contributed by atoms with van der Waals surface area (Å²) < 4.78 is 38.6. The van der Waals surface area contributed by atoms with Crippen molar-refractivity contribution in [2.75, 3.05) is 6.54 Å². The Bertz CT molecular complexity index is 636. The molecule has 0 radical (unpaired) electrons. The molecule has 1 heterocycles. The molecule has 1 aromatic rings. The van der Waals surface area contributed by atoms with E-state index in [2.05, 4.69) is 15.5 Å². The molecule has 1 amide bonds. The Morgan fingerprint density at radius 1 is 1.33 bits per heavy atom. The van der Waals surface area contributed by atoms with Gasteiger partial charge in [-0.3, -0.25) is 9.79 Å². The Hall–Kier alpha value is -2.51. The topological polar surface area (TPSA) is 70.9 Å². The number of alkyl halides is 3. The third kappa shape index (κ3) is 3.53. The number of amidine groups is 1. The second-order valence-corrected chi connectivity index (χ2v) is 4.26. The standard InChI is InChI=1S/C13H10F3N3O2/c14-13(15,16)9-4-2-1-3-8(9)7-11-17-6-5-10(18-11)12(20)19-21/h1-5H,6-7H2,(H,17,18). The molecule has 5 nitrogen and oxygen atoms in total. The summed E-state index contributed by atoms with van der Waals surface area (Å²) in [7, 11) is 0. The minimum absolute atomic E-state index is 0.0315. The zero-order valence-corrected chi connectivity index (χ0v) is 10.6. The number of hydrogen-bond acceptors (Lipinski definition) is 4. The van der Waals surface area contributed by atoms with E-state index >= 15 is 0 Å². The third-order valence-electron chi connectivity index (χ3n) is 2.85. The third-order valence-corrected chi connectivity index (χ3v) is 2.85. The molecule has 0 atom stereocenters. The number of aliphatic imine (C=N–C) groups is 1. The summed E-state index contributed by atoms with van der Waals surface area (Å²) in [4.78, 5) is 25.3. The van der Waals surface area contributed by atoms with Crippen LogP contribution < -0.4 is 5.32 Å². The number of carbonyl (C=O) groups excluding carboxylic acids is 1. The number of nitrogens with zero attached hydrogens (tertiary/aromatic N) is 2. The van der Waals surface area contributed by atoms with Gasteiger partial charge in [0, 0.05) is 11.6 Å². The summed E-state index contributed by atoms with van der Waals surface area (Å²) in [6.45, 7) is 0.104. The Labute approximate surface area is 117 Å². The van der Waals surface area contributed by atoms with Crippen LogP contribution in [0.3, 0.4) is 0 Å². The SMILES string of the molecule is O=NC(=O)C1=CCN=C(Cc2ccccc2C(F)(F)F)N1. The molecule has 1 aliphatic heterocycles. The Kier molecular flexibility index (Phi) is 4.15. The molecule has 1 aromatic carbocycles. The number of rotatable bonds is 3. The van der Waals surface area contributed by atoms with Crippen LogP contribution in [0.4, 0.5) is 13.2 Å². The molecule has 8 heteroatoms. The lowest BCUT2D eigenvalue weighted by atomic mass is 10.0. The van der Waals surface area contributed by atoms with E-state index < -0.39 is 17.6 Å². The van der Waals surface area contributed by atoms with Crippen LogP contribution in [-0.2, 0) is 17.4 Å². The lowest BCUT2D eigenvalue weighted by Gasteiger charge is -2.17. The van der Waals surface area contributed by atoms with E-state index in [0.29, 0.717) is 0 Å². The van der Waals surface area contributed by atoms with Gasteiger partial charge in [0.05, 0.1) is 12.1 Å². The molecular formula is C13H10F3N3O2. The molecule has 0 aliphatic carbocycles. The zero-order chi connectivity index (χ0) is 15.5. The van der Waals surface area contributed by atoms with Gasteiger partial charge in [0.2, 0.25) is 0 Å². The van der Waals surface area contributed by atoms with Gasteiger partial charge in [-0.25, -0.2) is 0 Å². The van der Waals surface area contributed by atoms with Gasteiger partial charge in [-0.2, -0.15) is 13.2 Å². The van der Waals surface area contributed by atoms with Crippen molar-refractivity contribution in [1.29, 1.82) is 0 Å². The Morgan fingerprint density at radius 2 is 2.05 bits per heavy atom. The van der Waals surface area contributed by atoms with Crippen LogP contribution >= 0.6 is 0 Å². The summed E-state index contributed by atoms with van der Waals surface area (Å²) in [5.41, 5.74) is -0.797. The largest absolute Gasteiger partial charge is 0.416 e. The first-order valence-corrected chi connectivity index (χ1v) is 5.95. The van der Waals surface area contributed by atoms with Crippen molar-refractivity contribution in [1.82, 2.24) is 5.32 Å². The monoisotopic (exact) mass is 297 g/mol. The van der Waals surface area contributed by atoms with Gasteiger partial charge in [0.15, 0.2) is 0 Å². The maximum Gasteiger partial charge on any atom is 0.416 e. The quantitative estimate of drug-likeness (QED) is 0.871. The molecule has 1 N–H and O–H groups in total. The number of amides is 1. The minimum Gasteiger partial charge on any atom is -0.339 e. The van der Waals surface area contributed by atoms with Crippen LogP contribution in [0.2, 0.25) is 0 Å². The van der Waals surface area contributed by atoms with Crippen molar-refractivity contribution in [2.45, 2.75) is 12.6 Å². The molecule has 21 heavy (non-hydrogen) atoms. The molecular weight excluding hydrogens is 287 g/mol. The Balaban J connectivity index is 2.19. The lowest BCUT2D eigenvalue weighted by molar-refractivity contribution is -0.138. The average molecular weight is 297 g/mol. The van der Waals surface area contributed by atoms with Crippen molar-refractivity contribution in [2.24, 2.45) is 10.2 Å². The molecule has 0 aromatic heterocycles. The first-order valence-electron chi connectivity index (χ1n) is 5.95. The maximum absolute atomic E-state index is 12.9. The van der Waals surface area contributed by atoms with Crippen molar-refractivity contribution in [3.63, 3.8) is 0 Å². The molecule has 2 rings (SSSR count). The first kappa shape index (κ1) is 14.9. The van der Waals surface area contributed by atoms with Crippen molar-refractivity contribution in [3.05, 3.63) is 52.1 Å². The maximum atomic E-state index is 12.9.